The molecule has 0 saturated carbocycles. The fraction of sp³-hybridized carbons (Fsp3) is 0.300. The summed E-state index contributed by atoms with van der Waals surface area (Å²) in [5.41, 5.74) is 2.00. The topological polar surface area (TPSA) is 38.3 Å². The second-order valence-corrected chi connectivity index (χ2v) is 3.66. The molecule has 0 saturated heterocycles. The van der Waals surface area contributed by atoms with Gasteiger partial charge in [0.2, 0.25) is 5.91 Å². The van der Waals surface area contributed by atoms with Crippen molar-refractivity contribution in [1.82, 2.24) is 0 Å². The predicted molar refractivity (Wildman–Crippen MR) is 58.1 cm³/mol. The highest BCUT2D eigenvalue weighted by Crippen LogP contribution is 2.27. The Bertz CT molecular complexity index is 365. The SMILES string of the molecule is O=C(CBr)Nc1ccc2c(c1)CCO2. The lowest BCUT2D eigenvalue weighted by molar-refractivity contribution is -0.113. The molecule has 1 amide bonds. The molecule has 0 unspecified atom stereocenters. The number of rotatable bonds is 2. The largest absolute Gasteiger partial charge is 0.493 e. The van der Waals surface area contributed by atoms with E-state index in [0.29, 0.717) is 5.33 Å². The van der Waals surface area contributed by atoms with Crippen molar-refractivity contribution in [2.75, 3.05) is 17.3 Å². The Kier molecular flexibility index (Phi) is 2.72. The van der Waals surface area contributed by atoms with Crippen LogP contribution < -0.4 is 10.1 Å². The summed E-state index contributed by atoms with van der Waals surface area (Å²) in [5, 5.41) is 3.10. The number of ether oxygens (including phenoxy) is 1. The minimum Gasteiger partial charge on any atom is -0.493 e. The lowest BCUT2D eigenvalue weighted by Gasteiger charge is -2.04. The van der Waals surface area contributed by atoms with Gasteiger partial charge in [-0.1, -0.05) is 15.9 Å². The van der Waals surface area contributed by atoms with E-state index in [0.717, 1.165) is 30.0 Å². The Labute approximate surface area is 90.6 Å². The van der Waals surface area contributed by atoms with Gasteiger partial charge in [0.25, 0.3) is 0 Å². The van der Waals surface area contributed by atoms with Gasteiger partial charge < -0.3 is 10.1 Å². The van der Waals surface area contributed by atoms with E-state index in [-0.39, 0.29) is 5.91 Å². The van der Waals surface area contributed by atoms with E-state index in [2.05, 4.69) is 21.2 Å². The number of alkyl halides is 1. The van der Waals surface area contributed by atoms with E-state index in [4.69, 9.17) is 4.74 Å². The first-order chi connectivity index (χ1) is 6.79. The molecule has 1 aliphatic rings. The Hall–Kier alpha value is -1.03. The van der Waals surface area contributed by atoms with Crippen LogP contribution in [0.25, 0.3) is 0 Å². The summed E-state index contributed by atoms with van der Waals surface area (Å²) in [6.45, 7) is 0.741. The molecule has 0 aliphatic carbocycles. The van der Waals surface area contributed by atoms with Crippen molar-refractivity contribution in [3.05, 3.63) is 23.8 Å². The second kappa shape index (κ2) is 4.00. The molecule has 0 radical (unpaired) electrons. The highest BCUT2D eigenvalue weighted by atomic mass is 79.9. The van der Waals surface area contributed by atoms with Crippen LogP contribution in [0.1, 0.15) is 5.56 Å². The molecule has 2 rings (SSSR count). The third-order valence-corrected chi connectivity index (χ3v) is 2.60. The van der Waals surface area contributed by atoms with Gasteiger partial charge >= 0.3 is 0 Å². The van der Waals surface area contributed by atoms with Crippen LogP contribution in [0.4, 0.5) is 5.69 Å². The summed E-state index contributed by atoms with van der Waals surface area (Å²) in [4.78, 5) is 11.1. The third-order valence-electron chi connectivity index (χ3n) is 2.09. The van der Waals surface area contributed by atoms with E-state index in [9.17, 15) is 4.79 Å². The fourth-order valence-corrected chi connectivity index (χ4v) is 1.60. The van der Waals surface area contributed by atoms with E-state index < -0.39 is 0 Å². The normalized spacial score (nSPS) is 13.2. The zero-order chi connectivity index (χ0) is 9.97. The summed E-state index contributed by atoms with van der Waals surface area (Å²) in [7, 11) is 0. The van der Waals surface area contributed by atoms with Crippen molar-refractivity contribution in [1.29, 1.82) is 0 Å². The van der Waals surface area contributed by atoms with Crippen LogP contribution in [0.15, 0.2) is 18.2 Å². The first-order valence-corrected chi connectivity index (χ1v) is 5.53. The summed E-state index contributed by atoms with van der Waals surface area (Å²) >= 11 is 3.10. The van der Waals surface area contributed by atoms with Crippen LogP contribution in [-0.2, 0) is 11.2 Å². The average Bonchev–Trinajstić information content (AvgIpc) is 2.64. The number of hydrogen-bond donors (Lipinski definition) is 1. The van der Waals surface area contributed by atoms with E-state index >= 15 is 0 Å². The number of hydrogen-bond acceptors (Lipinski definition) is 2. The highest BCUT2D eigenvalue weighted by molar-refractivity contribution is 9.09. The number of halogens is 1. The number of benzene rings is 1. The van der Waals surface area contributed by atoms with Gasteiger partial charge in [-0.15, -0.1) is 0 Å². The van der Waals surface area contributed by atoms with Gasteiger partial charge in [0.15, 0.2) is 0 Å². The maximum Gasteiger partial charge on any atom is 0.235 e. The maximum atomic E-state index is 11.1. The molecule has 0 atom stereocenters. The summed E-state index contributed by atoms with van der Waals surface area (Å²) < 4.78 is 5.36. The molecule has 1 aromatic rings. The lowest BCUT2D eigenvalue weighted by Crippen LogP contribution is -2.12. The van der Waals surface area contributed by atoms with Crippen molar-refractivity contribution in [2.24, 2.45) is 0 Å². The molecule has 14 heavy (non-hydrogen) atoms. The molecule has 0 bridgehead atoms. The van der Waals surface area contributed by atoms with Crippen LogP contribution in [0.2, 0.25) is 0 Å². The molecule has 1 N–H and O–H groups in total. The standard InChI is InChI=1S/C10H10BrNO2/c11-6-10(13)12-8-1-2-9-7(5-8)3-4-14-9/h1-2,5H,3-4,6H2,(H,12,13). The van der Waals surface area contributed by atoms with Crippen molar-refractivity contribution in [3.8, 4) is 5.75 Å². The molecular formula is C10H10BrNO2. The molecule has 0 spiro atoms. The smallest absolute Gasteiger partial charge is 0.235 e. The van der Waals surface area contributed by atoms with Crippen molar-refractivity contribution < 1.29 is 9.53 Å². The number of anilines is 1. The Balaban J connectivity index is 2.16. The monoisotopic (exact) mass is 255 g/mol. The van der Waals surface area contributed by atoms with Crippen LogP contribution >= 0.6 is 15.9 Å². The molecule has 0 fully saturated rings. The van der Waals surface area contributed by atoms with Crippen molar-refractivity contribution in [2.45, 2.75) is 6.42 Å². The first-order valence-electron chi connectivity index (χ1n) is 4.41. The number of carbonyl (C=O) groups excluding carboxylic acids is 1. The van der Waals surface area contributed by atoms with Gasteiger partial charge in [0.1, 0.15) is 5.75 Å². The van der Waals surface area contributed by atoms with E-state index in [1.165, 1.54) is 0 Å². The molecule has 4 heteroatoms. The number of fused-ring (bicyclic) bond motifs is 1. The molecule has 74 valence electrons. The molecule has 1 aromatic carbocycles. The van der Waals surface area contributed by atoms with Crippen LogP contribution in [0.5, 0.6) is 5.75 Å². The van der Waals surface area contributed by atoms with Crippen molar-refractivity contribution in [3.63, 3.8) is 0 Å². The van der Waals surface area contributed by atoms with Gasteiger partial charge in [-0.05, 0) is 23.8 Å². The predicted octanol–water partition coefficient (Wildman–Crippen LogP) is 1.95. The minimum atomic E-state index is -0.0381. The quantitative estimate of drug-likeness (QED) is 0.821. The van der Waals surface area contributed by atoms with Gasteiger partial charge in [0, 0.05) is 12.1 Å². The second-order valence-electron chi connectivity index (χ2n) is 3.10. The van der Waals surface area contributed by atoms with Crippen LogP contribution in [-0.4, -0.2) is 17.8 Å². The minimum absolute atomic E-state index is 0.0381. The Morgan fingerprint density at radius 3 is 3.21 bits per heavy atom. The third kappa shape index (κ3) is 1.90. The Morgan fingerprint density at radius 2 is 2.43 bits per heavy atom. The number of nitrogens with one attached hydrogen (secondary N) is 1. The van der Waals surface area contributed by atoms with Crippen molar-refractivity contribution >= 4 is 27.5 Å². The highest BCUT2D eigenvalue weighted by Gasteiger charge is 2.12. The average molecular weight is 256 g/mol. The molecule has 0 aromatic heterocycles. The number of amides is 1. The fourth-order valence-electron chi connectivity index (χ4n) is 1.46. The molecule has 1 heterocycles. The van der Waals surface area contributed by atoms with Crippen LogP contribution in [0, 0.1) is 0 Å². The van der Waals surface area contributed by atoms with Gasteiger partial charge in [-0.25, -0.2) is 0 Å². The molecule has 1 aliphatic heterocycles. The van der Waals surface area contributed by atoms with Gasteiger partial charge in [-0.2, -0.15) is 0 Å². The van der Waals surface area contributed by atoms with E-state index in [1.54, 1.807) is 0 Å². The molecular weight excluding hydrogens is 246 g/mol. The maximum absolute atomic E-state index is 11.1. The zero-order valence-electron chi connectivity index (χ0n) is 7.55. The van der Waals surface area contributed by atoms with Gasteiger partial charge in [0.05, 0.1) is 11.9 Å². The summed E-state index contributed by atoms with van der Waals surface area (Å²) in [6.07, 6.45) is 0.924. The summed E-state index contributed by atoms with van der Waals surface area (Å²) in [5.74, 6) is 0.894. The van der Waals surface area contributed by atoms with Gasteiger partial charge in [-0.3, -0.25) is 4.79 Å². The van der Waals surface area contributed by atoms with Crippen LogP contribution in [0.3, 0.4) is 0 Å². The Morgan fingerprint density at radius 1 is 1.57 bits per heavy atom. The lowest BCUT2D eigenvalue weighted by atomic mass is 10.1. The molecule has 3 nitrogen and oxygen atoms in total. The summed E-state index contributed by atoms with van der Waals surface area (Å²) in [6, 6.07) is 5.71. The number of carbonyl (C=O) groups is 1. The first kappa shape index (κ1) is 9.52. The van der Waals surface area contributed by atoms with E-state index in [1.807, 2.05) is 18.2 Å². The zero-order valence-corrected chi connectivity index (χ0v) is 9.13.